The minimum atomic E-state index is 0.477. The number of nitrogens with one attached hydrogen (secondary N) is 1. The van der Waals surface area contributed by atoms with Gasteiger partial charge in [0.25, 0.3) is 0 Å². The molecule has 0 heterocycles. The summed E-state index contributed by atoms with van der Waals surface area (Å²) >= 11 is 0. The third kappa shape index (κ3) is 8.00. The van der Waals surface area contributed by atoms with Crippen LogP contribution in [-0.2, 0) is 4.74 Å². The number of hydrogen-bond acceptors (Lipinski definition) is 2. The first-order valence-corrected chi connectivity index (χ1v) is 5.08. The zero-order chi connectivity index (χ0) is 10.1. The van der Waals surface area contributed by atoms with Crippen LogP contribution in [0.25, 0.3) is 0 Å². The van der Waals surface area contributed by atoms with Crippen molar-refractivity contribution in [2.45, 2.75) is 39.7 Å². The smallest absolute Gasteiger partial charge is 0.0480 e. The maximum Gasteiger partial charge on any atom is 0.0480 e. The van der Waals surface area contributed by atoms with Gasteiger partial charge >= 0.3 is 0 Å². The van der Waals surface area contributed by atoms with E-state index >= 15 is 0 Å². The van der Waals surface area contributed by atoms with Gasteiger partial charge < -0.3 is 10.1 Å². The first-order chi connectivity index (χ1) is 6.20. The highest BCUT2D eigenvalue weighted by molar-refractivity contribution is 5.00. The number of hydrogen-bond donors (Lipinski definition) is 1. The third-order valence-electron chi connectivity index (χ3n) is 1.82. The van der Waals surface area contributed by atoms with Crippen LogP contribution in [0.15, 0.2) is 11.6 Å². The molecule has 0 fully saturated rings. The van der Waals surface area contributed by atoms with E-state index < -0.39 is 0 Å². The number of rotatable bonds is 7. The molecule has 0 saturated carbocycles. The lowest BCUT2D eigenvalue weighted by atomic mass is 10.1. The van der Waals surface area contributed by atoms with E-state index in [1.807, 2.05) is 0 Å². The molecule has 0 bridgehead atoms. The zero-order valence-electron chi connectivity index (χ0n) is 9.39. The molecule has 0 aromatic rings. The van der Waals surface area contributed by atoms with E-state index in [2.05, 4.69) is 32.2 Å². The number of ether oxygens (including phenoxy) is 1. The summed E-state index contributed by atoms with van der Waals surface area (Å²) in [6.45, 7) is 8.35. The van der Waals surface area contributed by atoms with E-state index in [9.17, 15) is 0 Å². The minimum Gasteiger partial charge on any atom is -0.385 e. The fraction of sp³-hybridized carbons (Fsp3) is 0.818. The molecule has 0 radical (unpaired) electrons. The molecule has 0 amide bonds. The molecule has 13 heavy (non-hydrogen) atoms. The highest BCUT2D eigenvalue weighted by Crippen LogP contribution is 1.99. The van der Waals surface area contributed by atoms with E-state index in [1.54, 1.807) is 7.11 Å². The van der Waals surface area contributed by atoms with Gasteiger partial charge in [-0.05, 0) is 33.2 Å². The molecule has 0 saturated heterocycles. The maximum atomic E-state index is 5.06. The summed E-state index contributed by atoms with van der Waals surface area (Å²) in [5.41, 5.74) is 1.37. The lowest BCUT2D eigenvalue weighted by Gasteiger charge is -2.14. The Kier molecular flexibility index (Phi) is 8.05. The van der Waals surface area contributed by atoms with Crippen molar-refractivity contribution in [2.75, 3.05) is 20.3 Å². The van der Waals surface area contributed by atoms with Gasteiger partial charge in [-0.2, -0.15) is 0 Å². The van der Waals surface area contributed by atoms with E-state index in [-0.39, 0.29) is 0 Å². The second kappa shape index (κ2) is 8.27. The predicted octanol–water partition coefficient (Wildman–Crippen LogP) is 2.36. The fourth-order valence-electron chi connectivity index (χ4n) is 1.22. The van der Waals surface area contributed by atoms with Gasteiger partial charge in [0.15, 0.2) is 0 Å². The van der Waals surface area contributed by atoms with Gasteiger partial charge in [0, 0.05) is 19.8 Å². The van der Waals surface area contributed by atoms with Crippen LogP contribution in [0.2, 0.25) is 0 Å². The molecule has 78 valence electrons. The van der Waals surface area contributed by atoms with Gasteiger partial charge in [-0.3, -0.25) is 0 Å². The van der Waals surface area contributed by atoms with Crippen molar-refractivity contribution in [3.8, 4) is 0 Å². The average molecular weight is 185 g/mol. The van der Waals surface area contributed by atoms with Crippen molar-refractivity contribution in [2.24, 2.45) is 0 Å². The average Bonchev–Trinajstić information content (AvgIpc) is 2.09. The molecular formula is C11H23NO. The summed E-state index contributed by atoms with van der Waals surface area (Å²) in [5, 5.41) is 3.48. The molecular weight excluding hydrogens is 162 g/mol. The fourth-order valence-corrected chi connectivity index (χ4v) is 1.22. The number of methoxy groups -OCH3 is 1. The van der Waals surface area contributed by atoms with Crippen LogP contribution < -0.4 is 5.32 Å². The molecule has 0 aromatic heterocycles. The molecule has 1 unspecified atom stereocenters. The maximum absolute atomic E-state index is 5.06. The Labute approximate surface area is 82.4 Å². The molecule has 0 aliphatic heterocycles. The Bertz CT molecular complexity index is 131. The highest BCUT2D eigenvalue weighted by atomic mass is 16.5. The molecule has 2 heteroatoms. The largest absolute Gasteiger partial charge is 0.385 e. The van der Waals surface area contributed by atoms with E-state index in [0.29, 0.717) is 6.04 Å². The summed E-state index contributed by atoms with van der Waals surface area (Å²) in [7, 11) is 1.75. The van der Waals surface area contributed by atoms with Gasteiger partial charge in [-0.1, -0.05) is 18.6 Å². The van der Waals surface area contributed by atoms with Gasteiger partial charge in [0.05, 0.1) is 0 Å². The minimum absolute atomic E-state index is 0.477. The van der Waals surface area contributed by atoms with Crippen molar-refractivity contribution in [1.29, 1.82) is 0 Å². The number of allylic oxidation sites excluding steroid dienone is 1. The summed E-state index contributed by atoms with van der Waals surface area (Å²) in [6, 6.07) is 0.477. The van der Waals surface area contributed by atoms with Gasteiger partial charge in [-0.25, -0.2) is 0 Å². The SMILES string of the molecule is CCCNC(C=C(C)C)CCOC. The van der Waals surface area contributed by atoms with Crippen molar-refractivity contribution in [3.05, 3.63) is 11.6 Å². The zero-order valence-corrected chi connectivity index (χ0v) is 9.39. The van der Waals surface area contributed by atoms with E-state index in [1.165, 1.54) is 12.0 Å². The van der Waals surface area contributed by atoms with Crippen molar-refractivity contribution >= 4 is 0 Å². The van der Waals surface area contributed by atoms with Gasteiger partial charge in [-0.15, -0.1) is 0 Å². The Hall–Kier alpha value is -0.340. The van der Waals surface area contributed by atoms with E-state index in [0.717, 1.165) is 19.6 Å². The molecule has 0 spiro atoms. The third-order valence-corrected chi connectivity index (χ3v) is 1.82. The van der Waals surface area contributed by atoms with Crippen LogP contribution in [0, 0.1) is 0 Å². The second-order valence-corrected chi connectivity index (χ2v) is 3.59. The van der Waals surface area contributed by atoms with Crippen molar-refractivity contribution < 1.29 is 4.74 Å². The van der Waals surface area contributed by atoms with Crippen LogP contribution in [0.4, 0.5) is 0 Å². The Morgan fingerprint density at radius 1 is 1.46 bits per heavy atom. The lowest BCUT2D eigenvalue weighted by molar-refractivity contribution is 0.188. The molecule has 0 aliphatic rings. The van der Waals surface area contributed by atoms with Crippen LogP contribution in [0.5, 0.6) is 0 Å². The van der Waals surface area contributed by atoms with Crippen molar-refractivity contribution in [3.63, 3.8) is 0 Å². The topological polar surface area (TPSA) is 21.3 Å². The Morgan fingerprint density at radius 2 is 2.15 bits per heavy atom. The molecule has 1 atom stereocenters. The lowest BCUT2D eigenvalue weighted by Crippen LogP contribution is -2.29. The second-order valence-electron chi connectivity index (χ2n) is 3.59. The Morgan fingerprint density at radius 3 is 2.62 bits per heavy atom. The first kappa shape index (κ1) is 12.7. The monoisotopic (exact) mass is 185 g/mol. The summed E-state index contributed by atoms with van der Waals surface area (Å²) < 4.78 is 5.06. The van der Waals surface area contributed by atoms with Crippen molar-refractivity contribution in [1.82, 2.24) is 5.32 Å². The summed E-state index contributed by atoms with van der Waals surface area (Å²) in [4.78, 5) is 0. The Balaban J connectivity index is 3.80. The van der Waals surface area contributed by atoms with Crippen LogP contribution in [0.3, 0.4) is 0 Å². The van der Waals surface area contributed by atoms with Gasteiger partial charge in [0.1, 0.15) is 0 Å². The predicted molar refractivity (Wildman–Crippen MR) is 58.0 cm³/mol. The normalized spacial score (nSPS) is 12.6. The van der Waals surface area contributed by atoms with Crippen LogP contribution in [-0.4, -0.2) is 26.3 Å². The standard InChI is InChI=1S/C11H23NO/c1-5-7-12-11(6-8-13-4)9-10(2)3/h9,11-12H,5-8H2,1-4H3. The highest BCUT2D eigenvalue weighted by Gasteiger charge is 2.02. The molecule has 0 rings (SSSR count). The van der Waals surface area contributed by atoms with Crippen LogP contribution >= 0.6 is 0 Å². The molecule has 2 nitrogen and oxygen atoms in total. The quantitative estimate of drug-likeness (QED) is 0.615. The summed E-state index contributed by atoms with van der Waals surface area (Å²) in [5.74, 6) is 0. The summed E-state index contributed by atoms with van der Waals surface area (Å²) in [6.07, 6.45) is 4.51. The molecule has 1 N–H and O–H groups in total. The van der Waals surface area contributed by atoms with Crippen LogP contribution in [0.1, 0.15) is 33.6 Å². The first-order valence-electron chi connectivity index (χ1n) is 5.08. The van der Waals surface area contributed by atoms with Gasteiger partial charge in [0.2, 0.25) is 0 Å². The molecule has 0 aromatic carbocycles. The molecule has 0 aliphatic carbocycles. The van der Waals surface area contributed by atoms with E-state index in [4.69, 9.17) is 4.74 Å².